The van der Waals surface area contributed by atoms with E-state index in [1.165, 1.54) is 11.8 Å². The molecule has 2 aliphatic heterocycles. The summed E-state index contributed by atoms with van der Waals surface area (Å²) in [5.41, 5.74) is 3.12. The van der Waals surface area contributed by atoms with Gasteiger partial charge in [0, 0.05) is 23.5 Å². The van der Waals surface area contributed by atoms with Crippen LogP contribution in [0.15, 0.2) is 52.4 Å². The summed E-state index contributed by atoms with van der Waals surface area (Å²) in [7, 11) is 0. The van der Waals surface area contributed by atoms with E-state index in [9.17, 15) is 5.11 Å². The maximum Gasteiger partial charge on any atom is 0.166 e. The number of hydrogen-bond donors (Lipinski definition) is 2. The van der Waals surface area contributed by atoms with E-state index in [2.05, 4.69) is 23.2 Å². The van der Waals surface area contributed by atoms with Crippen molar-refractivity contribution in [3.05, 3.63) is 48.0 Å². The van der Waals surface area contributed by atoms with Gasteiger partial charge in [-0.05, 0) is 41.8 Å². The summed E-state index contributed by atoms with van der Waals surface area (Å²) in [5, 5.41) is 18.4. The number of hydrogen-bond acceptors (Lipinski definition) is 4. The predicted molar refractivity (Wildman–Crippen MR) is 89.9 cm³/mol. The normalized spacial score (nSPS) is 16.8. The minimum absolute atomic E-state index is 0.262. The number of benzene rings is 2. The number of fused-ring (bicyclic) bond motifs is 3. The van der Waals surface area contributed by atoms with E-state index < -0.39 is 0 Å². The van der Waals surface area contributed by atoms with Gasteiger partial charge in [0.15, 0.2) is 5.17 Å². The van der Waals surface area contributed by atoms with Gasteiger partial charge in [-0.1, -0.05) is 30.0 Å². The van der Waals surface area contributed by atoms with Crippen molar-refractivity contribution in [2.24, 2.45) is 4.99 Å². The molecule has 4 rings (SSSR count). The highest BCUT2D eigenvalue weighted by Gasteiger charge is 2.29. The molecule has 0 spiro atoms. The lowest BCUT2D eigenvalue weighted by atomic mass is 10.0. The van der Waals surface area contributed by atoms with Gasteiger partial charge in [-0.25, -0.2) is 0 Å². The summed E-state index contributed by atoms with van der Waals surface area (Å²) in [4.78, 5) is 7.66. The van der Waals surface area contributed by atoms with Crippen molar-refractivity contribution in [1.82, 2.24) is 4.90 Å². The molecule has 0 bridgehead atoms. The van der Waals surface area contributed by atoms with Gasteiger partial charge in [-0.15, -0.1) is 0 Å². The lowest BCUT2D eigenvalue weighted by Crippen LogP contribution is -2.42. The van der Waals surface area contributed by atoms with Gasteiger partial charge in [-0.3, -0.25) is 10.4 Å². The molecule has 0 aromatic heterocycles. The topological polar surface area (TPSA) is 59.7 Å². The Labute approximate surface area is 133 Å². The van der Waals surface area contributed by atoms with Gasteiger partial charge in [0.2, 0.25) is 0 Å². The Morgan fingerprint density at radius 2 is 2.00 bits per heavy atom. The highest BCUT2D eigenvalue weighted by atomic mass is 32.2. The summed E-state index contributed by atoms with van der Waals surface area (Å²) < 4.78 is 0. The number of amidine groups is 2. The zero-order valence-electron chi connectivity index (χ0n) is 11.9. The molecule has 0 atom stereocenters. The average molecular weight is 309 g/mol. The molecule has 0 radical (unpaired) electrons. The van der Waals surface area contributed by atoms with E-state index in [1.54, 1.807) is 12.1 Å². The van der Waals surface area contributed by atoms with Gasteiger partial charge < -0.3 is 10.0 Å². The Hall–Kier alpha value is -2.27. The van der Waals surface area contributed by atoms with Crippen molar-refractivity contribution in [1.29, 1.82) is 5.41 Å². The van der Waals surface area contributed by atoms with Crippen LogP contribution in [0.4, 0.5) is 0 Å². The van der Waals surface area contributed by atoms with E-state index in [0.717, 1.165) is 46.9 Å². The Morgan fingerprint density at radius 3 is 2.86 bits per heavy atom. The lowest BCUT2D eigenvalue weighted by Gasteiger charge is -2.34. The largest absolute Gasteiger partial charge is 0.508 e. The van der Waals surface area contributed by atoms with Crippen LogP contribution in [0.5, 0.6) is 5.75 Å². The summed E-state index contributed by atoms with van der Waals surface area (Å²) in [6.45, 7) is 1.70. The molecule has 0 fully saturated rings. The zero-order valence-corrected chi connectivity index (χ0v) is 12.7. The van der Waals surface area contributed by atoms with E-state index in [4.69, 9.17) is 5.41 Å². The average Bonchev–Trinajstić information content (AvgIpc) is 2.55. The third kappa shape index (κ3) is 2.18. The fourth-order valence-corrected chi connectivity index (χ4v) is 3.80. The van der Waals surface area contributed by atoms with E-state index >= 15 is 0 Å². The lowest BCUT2D eigenvalue weighted by molar-refractivity contribution is 0.475. The minimum atomic E-state index is 0.262. The second-order valence-corrected chi connectivity index (χ2v) is 6.41. The zero-order chi connectivity index (χ0) is 15.1. The predicted octanol–water partition coefficient (Wildman–Crippen LogP) is 3.55. The van der Waals surface area contributed by atoms with Crippen LogP contribution in [0.25, 0.3) is 11.1 Å². The van der Waals surface area contributed by atoms with Crippen molar-refractivity contribution < 1.29 is 5.11 Å². The molecule has 0 saturated carbocycles. The fourth-order valence-electron chi connectivity index (χ4n) is 2.85. The van der Waals surface area contributed by atoms with Crippen molar-refractivity contribution in [3.8, 4) is 16.9 Å². The summed E-state index contributed by atoms with van der Waals surface area (Å²) in [5.74, 6) is 1.19. The Kier molecular flexibility index (Phi) is 3.15. The second-order valence-electron chi connectivity index (χ2n) is 5.38. The summed E-state index contributed by atoms with van der Waals surface area (Å²) in [6, 6.07) is 13.4. The van der Waals surface area contributed by atoms with E-state index in [-0.39, 0.29) is 5.75 Å². The first-order chi connectivity index (χ1) is 10.7. The van der Waals surface area contributed by atoms with Gasteiger partial charge in [0.1, 0.15) is 11.6 Å². The molecule has 0 amide bonds. The van der Waals surface area contributed by atoms with Crippen LogP contribution in [0.2, 0.25) is 0 Å². The van der Waals surface area contributed by atoms with Crippen LogP contribution in [0.1, 0.15) is 12.0 Å². The first kappa shape index (κ1) is 13.4. The van der Waals surface area contributed by atoms with Crippen LogP contribution in [0.3, 0.4) is 0 Å². The number of aromatic hydroxyl groups is 1. The standard InChI is InChI=1S/C17H15N3OS/c18-17-20-8-2-7-19-16(20)14-6-5-12(10-15(14)22-17)11-3-1-4-13(21)9-11/h1,3-6,9-10,18,21H,2,7-8H2. The van der Waals surface area contributed by atoms with Gasteiger partial charge in [0.25, 0.3) is 0 Å². The third-order valence-corrected chi connectivity index (χ3v) is 4.88. The Morgan fingerprint density at radius 1 is 1.14 bits per heavy atom. The first-order valence-electron chi connectivity index (χ1n) is 7.24. The van der Waals surface area contributed by atoms with Crippen LogP contribution < -0.4 is 0 Å². The molecule has 2 aliphatic rings. The van der Waals surface area contributed by atoms with Gasteiger partial charge in [0.05, 0.1) is 0 Å². The van der Waals surface area contributed by atoms with Gasteiger partial charge >= 0.3 is 0 Å². The van der Waals surface area contributed by atoms with Crippen molar-refractivity contribution >= 4 is 22.8 Å². The molecule has 22 heavy (non-hydrogen) atoms. The third-order valence-electron chi connectivity index (χ3n) is 3.91. The smallest absolute Gasteiger partial charge is 0.166 e. The molecule has 5 heteroatoms. The summed E-state index contributed by atoms with van der Waals surface area (Å²) >= 11 is 1.48. The summed E-state index contributed by atoms with van der Waals surface area (Å²) in [6.07, 6.45) is 1.00. The molecule has 2 aromatic carbocycles. The number of phenols is 1. The number of aliphatic imine (C=N–C) groups is 1. The van der Waals surface area contributed by atoms with E-state index in [1.807, 2.05) is 17.0 Å². The second kappa shape index (κ2) is 5.18. The number of phenolic OH excluding ortho intramolecular Hbond substituents is 1. The van der Waals surface area contributed by atoms with Crippen LogP contribution in [0, 0.1) is 5.41 Å². The number of nitrogens with one attached hydrogen (secondary N) is 1. The van der Waals surface area contributed by atoms with Crippen LogP contribution >= 0.6 is 11.8 Å². The molecule has 0 unspecified atom stereocenters. The highest BCUT2D eigenvalue weighted by Crippen LogP contribution is 2.36. The molecule has 2 N–H and O–H groups in total. The molecule has 4 nitrogen and oxygen atoms in total. The van der Waals surface area contributed by atoms with Crippen molar-refractivity contribution in [2.45, 2.75) is 11.3 Å². The van der Waals surface area contributed by atoms with Crippen LogP contribution in [-0.2, 0) is 0 Å². The monoisotopic (exact) mass is 309 g/mol. The number of nitrogens with zero attached hydrogens (tertiary/aromatic N) is 2. The first-order valence-corrected chi connectivity index (χ1v) is 8.06. The quantitative estimate of drug-likeness (QED) is 0.847. The molecular formula is C17H15N3OS. The number of rotatable bonds is 1. The molecule has 0 aliphatic carbocycles. The van der Waals surface area contributed by atoms with E-state index in [0.29, 0.717) is 5.17 Å². The molecular weight excluding hydrogens is 294 g/mol. The SMILES string of the molecule is N=C1Sc2cc(-c3cccc(O)c3)ccc2C2=NCCCN12. The van der Waals surface area contributed by atoms with Gasteiger partial charge in [-0.2, -0.15) is 0 Å². The fraction of sp³-hybridized carbons (Fsp3) is 0.176. The molecule has 110 valence electrons. The molecule has 2 aromatic rings. The maximum atomic E-state index is 9.64. The Balaban J connectivity index is 1.81. The van der Waals surface area contributed by atoms with Crippen LogP contribution in [-0.4, -0.2) is 34.1 Å². The van der Waals surface area contributed by atoms with Crippen molar-refractivity contribution in [3.63, 3.8) is 0 Å². The highest BCUT2D eigenvalue weighted by molar-refractivity contribution is 8.14. The number of thioether (sulfide) groups is 1. The van der Waals surface area contributed by atoms with Crippen molar-refractivity contribution in [2.75, 3.05) is 13.1 Å². The molecule has 0 saturated heterocycles. The maximum absolute atomic E-state index is 9.64. The molecule has 2 heterocycles. The minimum Gasteiger partial charge on any atom is -0.508 e. The Bertz CT molecular complexity index is 800.